The highest BCUT2D eigenvalue weighted by Gasteiger charge is 2.51. The molecule has 2 aromatic rings. The largest absolute Gasteiger partial charge is 1.00 e. The van der Waals surface area contributed by atoms with Gasteiger partial charge in [0, 0.05) is 19.3 Å². The van der Waals surface area contributed by atoms with Crippen LogP contribution < -0.4 is 17.0 Å². The lowest BCUT2D eigenvalue weighted by Crippen LogP contribution is -3.00. The second kappa shape index (κ2) is 9.19. The van der Waals surface area contributed by atoms with E-state index in [2.05, 4.69) is 79.1 Å². The topological polar surface area (TPSA) is 12.2 Å². The fourth-order valence-corrected chi connectivity index (χ4v) is 3.89. The summed E-state index contributed by atoms with van der Waals surface area (Å²) in [6.45, 7) is 7.36. The van der Waals surface area contributed by atoms with Gasteiger partial charge in [0.15, 0.2) is 0 Å². The lowest BCUT2D eigenvalue weighted by Gasteiger charge is -2.27. The molecule has 3 rings (SSSR count). The summed E-state index contributed by atoms with van der Waals surface area (Å²) in [7, 11) is 0. The normalized spacial score (nSPS) is 15.4. The van der Waals surface area contributed by atoms with Gasteiger partial charge in [0.05, 0.1) is 6.61 Å². The van der Waals surface area contributed by atoms with Crippen LogP contribution in [0.3, 0.4) is 0 Å². The van der Waals surface area contributed by atoms with E-state index in [0.717, 1.165) is 44.9 Å². The smallest absolute Gasteiger partial charge is 0.351 e. The summed E-state index contributed by atoms with van der Waals surface area (Å²) in [6.07, 6.45) is 3.26. The first-order chi connectivity index (χ1) is 11.8. The summed E-state index contributed by atoms with van der Waals surface area (Å²) in [5.74, 6) is 1.14. The van der Waals surface area contributed by atoms with Crippen LogP contribution in [-0.4, -0.2) is 30.2 Å². The second-order valence-electron chi connectivity index (χ2n) is 6.53. The summed E-state index contributed by atoms with van der Waals surface area (Å²) < 4.78 is 8.75. The van der Waals surface area contributed by atoms with Crippen LogP contribution in [0.5, 0.6) is 0 Å². The Morgan fingerprint density at radius 3 is 1.76 bits per heavy atom. The first-order valence-corrected chi connectivity index (χ1v) is 9.19. The molecule has 2 nitrogen and oxygen atoms in total. The van der Waals surface area contributed by atoms with Crippen molar-refractivity contribution in [2.45, 2.75) is 38.5 Å². The van der Waals surface area contributed by atoms with Gasteiger partial charge in [-0.1, -0.05) is 74.5 Å². The highest BCUT2D eigenvalue weighted by atomic mass is 79.9. The monoisotopic (exact) mass is 401 g/mol. The number of nitrogens with zero attached hydrogens (tertiary/aromatic N) is 1. The molecule has 1 heterocycles. The van der Waals surface area contributed by atoms with Crippen LogP contribution in [-0.2, 0) is 10.2 Å². The zero-order valence-electron chi connectivity index (χ0n) is 15.2. The molecule has 0 aromatic heterocycles. The van der Waals surface area contributed by atoms with E-state index in [-0.39, 0.29) is 22.4 Å². The van der Waals surface area contributed by atoms with Crippen LogP contribution in [0.15, 0.2) is 60.7 Å². The molecule has 0 amide bonds. The van der Waals surface area contributed by atoms with Crippen molar-refractivity contribution in [2.75, 3.05) is 19.7 Å². The minimum atomic E-state index is -0.160. The molecular weight excluding hydrogens is 374 g/mol. The first kappa shape index (κ1) is 19.7. The Bertz CT molecular complexity index is 634. The number of rotatable bonds is 6. The molecule has 3 heteroatoms. The molecule has 0 atom stereocenters. The van der Waals surface area contributed by atoms with Gasteiger partial charge in [0.2, 0.25) is 0 Å². The van der Waals surface area contributed by atoms with Crippen molar-refractivity contribution in [2.24, 2.45) is 0 Å². The Labute approximate surface area is 162 Å². The van der Waals surface area contributed by atoms with E-state index in [0.29, 0.717) is 0 Å². The van der Waals surface area contributed by atoms with Crippen LogP contribution in [0.1, 0.15) is 44.2 Å². The van der Waals surface area contributed by atoms with Crippen molar-refractivity contribution in [1.82, 2.24) is 0 Å². The predicted molar refractivity (Wildman–Crippen MR) is 99.8 cm³/mol. The van der Waals surface area contributed by atoms with Gasteiger partial charge >= 0.3 is 5.90 Å². The molecule has 1 aliphatic rings. The Morgan fingerprint density at radius 1 is 0.840 bits per heavy atom. The zero-order chi connectivity index (χ0) is 16.8. The highest BCUT2D eigenvalue weighted by Crippen LogP contribution is 2.41. The van der Waals surface area contributed by atoms with Crippen molar-refractivity contribution in [1.29, 1.82) is 0 Å². The summed E-state index contributed by atoms with van der Waals surface area (Å²) in [5.41, 5.74) is 2.51. The van der Waals surface area contributed by atoms with E-state index in [9.17, 15) is 0 Å². The van der Waals surface area contributed by atoms with E-state index in [1.54, 1.807) is 0 Å². The molecule has 0 radical (unpaired) electrons. The number of benzene rings is 2. The SMILES string of the molecule is CCC[N+](CCC)=C1OCCC1(c1ccccc1)c1ccccc1.[Br-]. The van der Waals surface area contributed by atoms with Gasteiger partial charge in [-0.3, -0.25) is 0 Å². The third-order valence-electron chi connectivity index (χ3n) is 4.89. The van der Waals surface area contributed by atoms with E-state index in [1.165, 1.54) is 11.1 Å². The van der Waals surface area contributed by atoms with E-state index >= 15 is 0 Å². The number of hydrogen-bond acceptors (Lipinski definition) is 1. The van der Waals surface area contributed by atoms with Crippen molar-refractivity contribution in [3.05, 3.63) is 71.8 Å². The van der Waals surface area contributed by atoms with Crippen LogP contribution in [0.2, 0.25) is 0 Å². The molecule has 25 heavy (non-hydrogen) atoms. The van der Waals surface area contributed by atoms with Gasteiger partial charge in [-0.2, -0.15) is 0 Å². The highest BCUT2D eigenvalue weighted by molar-refractivity contribution is 5.90. The summed E-state index contributed by atoms with van der Waals surface area (Å²) in [4.78, 5) is 0. The molecule has 0 spiro atoms. The minimum absolute atomic E-state index is 0. The summed E-state index contributed by atoms with van der Waals surface area (Å²) in [6, 6.07) is 21.7. The fourth-order valence-electron chi connectivity index (χ4n) is 3.89. The maximum absolute atomic E-state index is 6.29. The molecule has 0 bridgehead atoms. The second-order valence-corrected chi connectivity index (χ2v) is 6.53. The first-order valence-electron chi connectivity index (χ1n) is 9.19. The molecule has 134 valence electrons. The molecule has 0 aliphatic carbocycles. The van der Waals surface area contributed by atoms with E-state index < -0.39 is 0 Å². The fraction of sp³-hybridized carbons (Fsp3) is 0.409. The molecule has 2 aromatic carbocycles. The average Bonchev–Trinajstić information content (AvgIpc) is 3.09. The quantitative estimate of drug-likeness (QED) is 0.670. The molecule has 0 saturated carbocycles. The van der Waals surface area contributed by atoms with Gasteiger partial charge in [0.1, 0.15) is 18.5 Å². The zero-order valence-corrected chi connectivity index (χ0v) is 16.8. The summed E-state index contributed by atoms with van der Waals surface area (Å²) >= 11 is 0. The van der Waals surface area contributed by atoms with Crippen LogP contribution >= 0.6 is 0 Å². The van der Waals surface area contributed by atoms with Gasteiger partial charge in [-0.15, -0.1) is 0 Å². The van der Waals surface area contributed by atoms with E-state index in [4.69, 9.17) is 4.74 Å². The molecular formula is C22H28BrNO. The Morgan fingerprint density at radius 2 is 1.32 bits per heavy atom. The average molecular weight is 402 g/mol. The van der Waals surface area contributed by atoms with Gasteiger partial charge < -0.3 is 21.7 Å². The number of halogens is 1. The van der Waals surface area contributed by atoms with Crippen molar-refractivity contribution < 1.29 is 26.3 Å². The van der Waals surface area contributed by atoms with Crippen LogP contribution in [0.25, 0.3) is 0 Å². The number of hydrogen-bond donors (Lipinski definition) is 0. The van der Waals surface area contributed by atoms with Crippen molar-refractivity contribution >= 4 is 5.90 Å². The lowest BCUT2D eigenvalue weighted by molar-refractivity contribution is -0.537. The molecule has 1 saturated heterocycles. The standard InChI is InChI=1S/C22H28NO.BrH/c1-3-16-23(17-4-2)21-22(15-18-24-21,19-11-7-5-8-12-19)20-13-9-6-10-14-20;/h5-14H,3-4,15-18H2,1-2H3;1H/q+1;/p-1. The maximum atomic E-state index is 6.29. The molecule has 0 unspecified atom stereocenters. The van der Waals surface area contributed by atoms with Gasteiger partial charge in [-0.25, -0.2) is 4.58 Å². The Hall–Kier alpha value is -1.61. The lowest BCUT2D eigenvalue weighted by atomic mass is 9.73. The molecule has 0 N–H and O–H groups in total. The summed E-state index contributed by atoms with van der Waals surface area (Å²) in [5, 5.41) is 0. The number of ether oxygens (including phenoxy) is 1. The van der Waals surface area contributed by atoms with Gasteiger partial charge in [0.25, 0.3) is 0 Å². The minimum Gasteiger partial charge on any atom is -1.00 e. The third-order valence-corrected chi connectivity index (χ3v) is 4.89. The Kier molecular flexibility index (Phi) is 7.24. The van der Waals surface area contributed by atoms with Crippen LogP contribution in [0.4, 0.5) is 0 Å². The van der Waals surface area contributed by atoms with Crippen molar-refractivity contribution in [3.63, 3.8) is 0 Å². The Balaban J connectivity index is 0.00000225. The van der Waals surface area contributed by atoms with Crippen LogP contribution in [0, 0.1) is 0 Å². The molecule has 1 fully saturated rings. The van der Waals surface area contributed by atoms with Gasteiger partial charge in [-0.05, 0) is 11.1 Å². The van der Waals surface area contributed by atoms with E-state index in [1.807, 2.05) is 0 Å². The van der Waals surface area contributed by atoms with Crippen molar-refractivity contribution in [3.8, 4) is 0 Å². The maximum Gasteiger partial charge on any atom is 0.351 e. The predicted octanol–water partition coefficient (Wildman–Crippen LogP) is 1.63. The molecule has 1 aliphatic heterocycles. The third kappa shape index (κ3) is 3.82.